The molecule has 0 aliphatic carbocycles. The first-order valence-electron chi connectivity index (χ1n) is 7.18. The number of carbonyl (C=O) groups is 2. The quantitative estimate of drug-likeness (QED) is 0.889. The molecule has 22 heavy (non-hydrogen) atoms. The van der Waals surface area contributed by atoms with Gasteiger partial charge in [0.15, 0.2) is 5.12 Å². The van der Waals surface area contributed by atoms with Gasteiger partial charge < -0.3 is 5.73 Å². The topological polar surface area (TPSA) is 60.2 Å². The molecule has 1 amide bonds. The Hall–Kier alpha value is -2.07. The highest BCUT2D eigenvalue weighted by Gasteiger charge is 2.18. The zero-order valence-corrected chi connectivity index (χ0v) is 13.3. The minimum absolute atomic E-state index is 0.0832. The molecule has 1 atom stereocenters. The minimum atomic E-state index is -0.471. The Morgan fingerprint density at radius 1 is 1.05 bits per heavy atom. The van der Waals surface area contributed by atoms with Gasteiger partial charge in [-0.15, -0.1) is 0 Å². The van der Waals surface area contributed by atoms with Crippen LogP contribution in [0, 0.1) is 0 Å². The van der Waals surface area contributed by atoms with Gasteiger partial charge in [-0.1, -0.05) is 66.4 Å². The summed E-state index contributed by atoms with van der Waals surface area (Å²) >= 11 is 1.02. The molecule has 0 saturated carbocycles. The number of thioether (sulfide) groups is 1. The Balaban J connectivity index is 2.16. The summed E-state index contributed by atoms with van der Waals surface area (Å²) in [7, 11) is 0. The lowest BCUT2D eigenvalue weighted by Crippen LogP contribution is -2.27. The van der Waals surface area contributed by atoms with Crippen molar-refractivity contribution < 1.29 is 9.59 Å². The molecule has 1 unspecified atom stereocenters. The smallest absolute Gasteiger partial charge is 0.231 e. The number of primary amides is 1. The molecule has 0 radical (unpaired) electrons. The van der Waals surface area contributed by atoms with Gasteiger partial charge in [0.05, 0.1) is 5.25 Å². The van der Waals surface area contributed by atoms with Crippen LogP contribution in [0.15, 0.2) is 54.6 Å². The molecule has 0 aromatic heterocycles. The Kier molecular flexibility index (Phi) is 5.78. The normalized spacial score (nSPS) is 11.9. The monoisotopic (exact) mass is 313 g/mol. The van der Waals surface area contributed by atoms with Gasteiger partial charge in [0.25, 0.3) is 0 Å². The van der Waals surface area contributed by atoms with Gasteiger partial charge in [-0.2, -0.15) is 0 Å². The molecular weight excluding hydrogens is 294 g/mol. The fourth-order valence-electron chi connectivity index (χ4n) is 2.38. The van der Waals surface area contributed by atoms with Gasteiger partial charge in [-0.05, 0) is 29.5 Å². The third kappa shape index (κ3) is 4.46. The van der Waals surface area contributed by atoms with Crippen LogP contribution in [0.3, 0.4) is 0 Å². The molecule has 0 saturated heterocycles. The average Bonchev–Trinajstić information content (AvgIpc) is 2.52. The molecular formula is C18H19NO2S. The van der Waals surface area contributed by atoms with E-state index in [0.717, 1.165) is 28.5 Å². The van der Waals surface area contributed by atoms with Crippen molar-refractivity contribution in [3.8, 4) is 11.1 Å². The molecule has 0 fully saturated rings. The summed E-state index contributed by atoms with van der Waals surface area (Å²) in [6, 6.07) is 18.2. The molecule has 0 aliphatic rings. The van der Waals surface area contributed by atoms with Crippen LogP contribution in [0.4, 0.5) is 0 Å². The number of amides is 1. The number of aryl methyl sites for hydroxylation is 1. The molecule has 0 bridgehead atoms. The zero-order chi connectivity index (χ0) is 15.9. The van der Waals surface area contributed by atoms with Gasteiger partial charge in [-0.25, -0.2) is 0 Å². The van der Waals surface area contributed by atoms with Gasteiger partial charge in [0, 0.05) is 6.92 Å². The molecule has 2 rings (SSSR count). The van der Waals surface area contributed by atoms with E-state index < -0.39 is 11.2 Å². The average molecular weight is 313 g/mol. The zero-order valence-electron chi connectivity index (χ0n) is 12.5. The van der Waals surface area contributed by atoms with Gasteiger partial charge in [0.2, 0.25) is 5.91 Å². The second kappa shape index (κ2) is 7.80. The first-order valence-corrected chi connectivity index (χ1v) is 8.05. The van der Waals surface area contributed by atoms with Crippen LogP contribution in [-0.2, 0) is 16.0 Å². The number of benzene rings is 2. The molecule has 0 spiro atoms. The van der Waals surface area contributed by atoms with E-state index in [2.05, 4.69) is 24.3 Å². The summed E-state index contributed by atoms with van der Waals surface area (Å²) in [6.45, 7) is 1.46. The van der Waals surface area contributed by atoms with Crippen molar-refractivity contribution in [2.24, 2.45) is 5.73 Å². The maximum Gasteiger partial charge on any atom is 0.231 e. The van der Waals surface area contributed by atoms with E-state index in [9.17, 15) is 9.59 Å². The molecule has 2 aromatic rings. The molecule has 3 nitrogen and oxygen atoms in total. The van der Waals surface area contributed by atoms with Crippen molar-refractivity contribution in [3.63, 3.8) is 0 Å². The largest absolute Gasteiger partial charge is 0.369 e. The number of hydrogen-bond donors (Lipinski definition) is 1. The first-order chi connectivity index (χ1) is 10.6. The first kappa shape index (κ1) is 16.3. The highest BCUT2D eigenvalue weighted by Crippen LogP contribution is 2.26. The van der Waals surface area contributed by atoms with Gasteiger partial charge in [-0.3, -0.25) is 9.59 Å². The van der Waals surface area contributed by atoms with Gasteiger partial charge in [0.1, 0.15) is 0 Å². The van der Waals surface area contributed by atoms with Crippen molar-refractivity contribution in [1.82, 2.24) is 0 Å². The fraction of sp³-hybridized carbons (Fsp3) is 0.222. The van der Waals surface area contributed by atoms with Crippen molar-refractivity contribution in [3.05, 3.63) is 60.2 Å². The highest BCUT2D eigenvalue weighted by molar-refractivity contribution is 8.14. The molecule has 114 valence electrons. The molecule has 2 N–H and O–H groups in total. The second-order valence-corrected chi connectivity index (χ2v) is 6.44. The third-order valence-electron chi connectivity index (χ3n) is 3.40. The number of carbonyl (C=O) groups excluding carboxylic acids is 2. The van der Waals surface area contributed by atoms with Crippen LogP contribution < -0.4 is 5.73 Å². The van der Waals surface area contributed by atoms with E-state index in [-0.39, 0.29) is 5.12 Å². The van der Waals surface area contributed by atoms with Crippen LogP contribution >= 0.6 is 11.8 Å². The number of rotatable bonds is 6. The molecule has 4 heteroatoms. The lowest BCUT2D eigenvalue weighted by molar-refractivity contribution is -0.118. The number of hydrogen-bond acceptors (Lipinski definition) is 3. The maximum atomic E-state index is 11.5. The Labute approximate surface area is 134 Å². The summed E-state index contributed by atoms with van der Waals surface area (Å²) in [4.78, 5) is 22.7. The Morgan fingerprint density at radius 3 is 2.32 bits per heavy atom. The predicted molar refractivity (Wildman–Crippen MR) is 91.5 cm³/mol. The summed E-state index contributed by atoms with van der Waals surface area (Å²) < 4.78 is 0. The standard InChI is InChI=1S/C18H19NO2S/c1-13(20)22-17(18(19)21)12-11-15-9-5-6-10-16(15)14-7-3-2-4-8-14/h2-10,17H,11-12H2,1H3,(H2,19,21). The van der Waals surface area contributed by atoms with Crippen molar-refractivity contribution in [1.29, 1.82) is 0 Å². The van der Waals surface area contributed by atoms with E-state index >= 15 is 0 Å². The minimum Gasteiger partial charge on any atom is -0.369 e. The molecule has 0 aliphatic heterocycles. The predicted octanol–water partition coefficient (Wildman–Crippen LogP) is 3.42. The summed E-state index contributed by atoms with van der Waals surface area (Å²) in [5, 5.41) is -0.554. The lowest BCUT2D eigenvalue weighted by atomic mass is 9.96. The van der Waals surface area contributed by atoms with E-state index in [1.54, 1.807) is 0 Å². The van der Waals surface area contributed by atoms with Crippen LogP contribution in [0.25, 0.3) is 11.1 Å². The highest BCUT2D eigenvalue weighted by atomic mass is 32.2. The summed E-state index contributed by atoms with van der Waals surface area (Å²) in [6.07, 6.45) is 1.27. The van der Waals surface area contributed by atoms with Crippen LogP contribution in [0.5, 0.6) is 0 Å². The van der Waals surface area contributed by atoms with Crippen molar-refractivity contribution >= 4 is 22.8 Å². The van der Waals surface area contributed by atoms with Crippen LogP contribution in [0.2, 0.25) is 0 Å². The fourth-order valence-corrected chi connectivity index (χ4v) is 3.14. The van der Waals surface area contributed by atoms with Crippen molar-refractivity contribution in [2.45, 2.75) is 25.0 Å². The lowest BCUT2D eigenvalue weighted by Gasteiger charge is -2.13. The summed E-state index contributed by atoms with van der Waals surface area (Å²) in [5.41, 5.74) is 8.84. The van der Waals surface area contributed by atoms with E-state index in [0.29, 0.717) is 12.8 Å². The Bertz CT molecular complexity index is 655. The van der Waals surface area contributed by atoms with Crippen LogP contribution in [-0.4, -0.2) is 16.3 Å². The summed E-state index contributed by atoms with van der Waals surface area (Å²) in [5.74, 6) is -0.433. The van der Waals surface area contributed by atoms with Crippen molar-refractivity contribution in [2.75, 3.05) is 0 Å². The second-order valence-electron chi connectivity index (χ2n) is 5.06. The molecule has 2 aromatic carbocycles. The van der Waals surface area contributed by atoms with Gasteiger partial charge >= 0.3 is 0 Å². The third-order valence-corrected chi connectivity index (χ3v) is 4.49. The Morgan fingerprint density at radius 2 is 1.68 bits per heavy atom. The number of nitrogens with two attached hydrogens (primary N) is 1. The van der Waals surface area contributed by atoms with E-state index in [1.165, 1.54) is 6.92 Å². The molecule has 0 heterocycles. The maximum absolute atomic E-state index is 11.5. The van der Waals surface area contributed by atoms with E-state index in [1.807, 2.05) is 30.3 Å². The SMILES string of the molecule is CC(=O)SC(CCc1ccccc1-c1ccccc1)C(N)=O. The van der Waals surface area contributed by atoms with E-state index in [4.69, 9.17) is 5.73 Å². The van der Waals surface area contributed by atoms with Crippen LogP contribution in [0.1, 0.15) is 18.9 Å².